The zero-order chi connectivity index (χ0) is 19.5. The van der Waals surface area contributed by atoms with E-state index in [2.05, 4.69) is 41.6 Å². The summed E-state index contributed by atoms with van der Waals surface area (Å²) < 4.78 is 1.93. The Bertz CT molecular complexity index is 1060. The van der Waals surface area contributed by atoms with Gasteiger partial charge in [-0.2, -0.15) is 15.1 Å². The van der Waals surface area contributed by atoms with Crippen molar-refractivity contribution in [1.29, 1.82) is 0 Å². The summed E-state index contributed by atoms with van der Waals surface area (Å²) in [6.45, 7) is 2.80. The molecular formula is C22H24N6. The van der Waals surface area contributed by atoms with Crippen LogP contribution in [0.5, 0.6) is 0 Å². The quantitative estimate of drug-likeness (QED) is 0.552. The summed E-state index contributed by atoms with van der Waals surface area (Å²) in [5.74, 6) is 1.45. The van der Waals surface area contributed by atoms with Crippen molar-refractivity contribution in [2.45, 2.75) is 19.5 Å². The molecule has 1 atom stereocenters. The summed E-state index contributed by atoms with van der Waals surface area (Å²) in [6.07, 6.45) is 1.84. The highest BCUT2D eigenvalue weighted by Crippen LogP contribution is 2.27. The minimum Gasteiger partial charge on any atom is -0.363 e. The topological polar surface area (TPSA) is 58.9 Å². The third kappa shape index (κ3) is 3.67. The lowest BCUT2D eigenvalue weighted by Gasteiger charge is -2.18. The maximum Gasteiger partial charge on any atom is 0.228 e. The molecule has 0 aliphatic rings. The van der Waals surface area contributed by atoms with E-state index in [1.54, 1.807) is 0 Å². The van der Waals surface area contributed by atoms with E-state index in [-0.39, 0.29) is 6.04 Å². The zero-order valence-electron chi connectivity index (χ0n) is 16.4. The van der Waals surface area contributed by atoms with Crippen LogP contribution in [0.4, 0.5) is 11.8 Å². The molecule has 0 fully saturated rings. The van der Waals surface area contributed by atoms with E-state index in [4.69, 9.17) is 9.97 Å². The van der Waals surface area contributed by atoms with Crippen LogP contribution >= 0.6 is 0 Å². The van der Waals surface area contributed by atoms with Crippen LogP contribution in [-0.2, 0) is 6.54 Å². The van der Waals surface area contributed by atoms with E-state index < -0.39 is 0 Å². The lowest BCUT2D eigenvalue weighted by Crippen LogP contribution is -2.16. The second-order valence-corrected chi connectivity index (χ2v) is 7.07. The summed E-state index contributed by atoms with van der Waals surface area (Å²) in [5.41, 5.74) is 3.22. The van der Waals surface area contributed by atoms with Crippen LogP contribution in [0.1, 0.15) is 24.1 Å². The lowest BCUT2D eigenvalue weighted by molar-refractivity contribution is 0.703. The van der Waals surface area contributed by atoms with Crippen molar-refractivity contribution in [3.05, 3.63) is 78.0 Å². The molecule has 2 aromatic heterocycles. The third-order valence-electron chi connectivity index (χ3n) is 4.71. The van der Waals surface area contributed by atoms with Crippen molar-refractivity contribution in [3.63, 3.8) is 0 Å². The van der Waals surface area contributed by atoms with Crippen LogP contribution in [-0.4, -0.2) is 33.8 Å². The second-order valence-electron chi connectivity index (χ2n) is 7.07. The van der Waals surface area contributed by atoms with Gasteiger partial charge in [-0.05, 0) is 18.1 Å². The molecule has 0 aliphatic carbocycles. The normalized spacial score (nSPS) is 12.1. The van der Waals surface area contributed by atoms with E-state index in [0.29, 0.717) is 12.5 Å². The summed E-state index contributed by atoms with van der Waals surface area (Å²) in [7, 11) is 3.90. The Morgan fingerprint density at radius 2 is 1.64 bits per heavy atom. The SMILES string of the molecule is CC(Nc1nc(N(C)C)nc2c1cnn2Cc1ccccc1)c1ccccc1. The first-order valence-corrected chi connectivity index (χ1v) is 9.38. The van der Waals surface area contributed by atoms with E-state index in [9.17, 15) is 0 Å². The van der Waals surface area contributed by atoms with Gasteiger partial charge in [0.05, 0.1) is 18.1 Å². The van der Waals surface area contributed by atoms with Gasteiger partial charge in [-0.1, -0.05) is 60.7 Å². The van der Waals surface area contributed by atoms with Gasteiger partial charge in [0.25, 0.3) is 0 Å². The first kappa shape index (κ1) is 18.0. The first-order valence-electron chi connectivity index (χ1n) is 9.38. The van der Waals surface area contributed by atoms with E-state index >= 15 is 0 Å². The Morgan fingerprint density at radius 3 is 2.32 bits per heavy atom. The maximum absolute atomic E-state index is 4.75. The van der Waals surface area contributed by atoms with Crippen LogP contribution in [0.15, 0.2) is 66.9 Å². The van der Waals surface area contributed by atoms with Gasteiger partial charge in [0.2, 0.25) is 5.95 Å². The fraction of sp³-hybridized carbons (Fsp3) is 0.227. The number of nitrogens with zero attached hydrogens (tertiary/aromatic N) is 5. The number of fused-ring (bicyclic) bond motifs is 1. The van der Waals surface area contributed by atoms with Gasteiger partial charge in [0, 0.05) is 20.1 Å². The number of nitrogens with one attached hydrogen (secondary N) is 1. The summed E-state index contributed by atoms with van der Waals surface area (Å²) in [6, 6.07) is 20.7. The molecule has 0 spiro atoms. The van der Waals surface area contributed by atoms with Gasteiger partial charge in [-0.15, -0.1) is 0 Å². The molecule has 6 heteroatoms. The zero-order valence-corrected chi connectivity index (χ0v) is 16.4. The van der Waals surface area contributed by atoms with Gasteiger partial charge >= 0.3 is 0 Å². The molecule has 1 unspecified atom stereocenters. The average molecular weight is 372 g/mol. The van der Waals surface area contributed by atoms with Crippen molar-refractivity contribution in [2.75, 3.05) is 24.3 Å². The largest absolute Gasteiger partial charge is 0.363 e. The van der Waals surface area contributed by atoms with Crippen LogP contribution in [0, 0.1) is 0 Å². The van der Waals surface area contributed by atoms with Gasteiger partial charge in [0.15, 0.2) is 5.65 Å². The number of hydrogen-bond acceptors (Lipinski definition) is 5. The predicted octanol–water partition coefficient (Wildman–Crippen LogP) is 4.11. The smallest absolute Gasteiger partial charge is 0.228 e. The molecule has 0 amide bonds. The Hall–Kier alpha value is -3.41. The molecule has 4 rings (SSSR count). The van der Waals surface area contributed by atoms with Gasteiger partial charge in [-0.25, -0.2) is 4.68 Å². The maximum atomic E-state index is 4.75. The first-order chi connectivity index (χ1) is 13.6. The minimum absolute atomic E-state index is 0.117. The molecule has 2 heterocycles. The van der Waals surface area contributed by atoms with Crippen molar-refractivity contribution in [2.24, 2.45) is 0 Å². The van der Waals surface area contributed by atoms with E-state index in [1.165, 1.54) is 11.1 Å². The number of hydrogen-bond donors (Lipinski definition) is 1. The van der Waals surface area contributed by atoms with Gasteiger partial charge < -0.3 is 10.2 Å². The number of anilines is 2. The van der Waals surface area contributed by atoms with Crippen molar-refractivity contribution in [1.82, 2.24) is 19.7 Å². The molecule has 142 valence electrons. The summed E-state index contributed by atoms with van der Waals surface area (Å²) >= 11 is 0. The van der Waals surface area contributed by atoms with Crippen molar-refractivity contribution in [3.8, 4) is 0 Å². The monoisotopic (exact) mass is 372 g/mol. The van der Waals surface area contributed by atoms with E-state index in [0.717, 1.165) is 16.9 Å². The Labute approximate surface area is 164 Å². The molecule has 28 heavy (non-hydrogen) atoms. The Balaban J connectivity index is 1.73. The number of rotatable bonds is 6. The Kier molecular flexibility index (Phi) is 4.93. The molecule has 0 aliphatic heterocycles. The number of benzene rings is 2. The summed E-state index contributed by atoms with van der Waals surface area (Å²) in [5, 5.41) is 9.05. The predicted molar refractivity (Wildman–Crippen MR) is 114 cm³/mol. The van der Waals surface area contributed by atoms with Crippen LogP contribution in [0.25, 0.3) is 11.0 Å². The molecule has 4 aromatic rings. The highest BCUT2D eigenvalue weighted by molar-refractivity contribution is 5.87. The lowest BCUT2D eigenvalue weighted by atomic mass is 10.1. The Morgan fingerprint density at radius 1 is 0.964 bits per heavy atom. The second kappa shape index (κ2) is 7.68. The van der Waals surface area contributed by atoms with Crippen LogP contribution in [0.2, 0.25) is 0 Å². The molecule has 0 bridgehead atoms. The molecule has 1 N–H and O–H groups in total. The minimum atomic E-state index is 0.117. The molecule has 6 nitrogen and oxygen atoms in total. The van der Waals surface area contributed by atoms with Crippen LogP contribution in [0.3, 0.4) is 0 Å². The summed E-state index contributed by atoms with van der Waals surface area (Å²) in [4.78, 5) is 11.4. The van der Waals surface area contributed by atoms with Crippen molar-refractivity contribution >= 4 is 22.8 Å². The fourth-order valence-electron chi connectivity index (χ4n) is 3.16. The number of aromatic nitrogens is 4. The van der Waals surface area contributed by atoms with E-state index in [1.807, 2.05) is 66.3 Å². The molecule has 2 aromatic carbocycles. The van der Waals surface area contributed by atoms with Crippen molar-refractivity contribution < 1.29 is 0 Å². The molecule has 0 saturated heterocycles. The highest BCUT2D eigenvalue weighted by atomic mass is 15.3. The fourth-order valence-corrected chi connectivity index (χ4v) is 3.16. The highest BCUT2D eigenvalue weighted by Gasteiger charge is 2.16. The van der Waals surface area contributed by atoms with Gasteiger partial charge in [0.1, 0.15) is 5.82 Å². The molecule has 0 radical (unpaired) electrons. The molecule has 0 saturated carbocycles. The van der Waals surface area contributed by atoms with Crippen LogP contribution < -0.4 is 10.2 Å². The average Bonchev–Trinajstić information content (AvgIpc) is 3.12. The third-order valence-corrected chi connectivity index (χ3v) is 4.71. The standard InChI is InChI=1S/C22H24N6/c1-16(18-12-8-5-9-13-18)24-20-19-14-23-28(15-17-10-6-4-7-11-17)21(19)26-22(25-20)27(2)3/h4-14,16H,15H2,1-3H3,(H,24,25,26). The molecular weight excluding hydrogens is 348 g/mol. The van der Waals surface area contributed by atoms with Gasteiger partial charge in [-0.3, -0.25) is 0 Å².